The fraction of sp³-hybridized carbons (Fsp3) is 0.744. The third-order valence-corrected chi connectivity index (χ3v) is 15.5. The minimum Gasteiger partial charge on any atom is -0.461 e. The highest BCUT2D eigenvalue weighted by molar-refractivity contribution is 5.95. The molecule has 0 aromatic heterocycles. The molecule has 6 rings (SSSR count). The summed E-state index contributed by atoms with van der Waals surface area (Å²) in [6, 6.07) is 9.30. The van der Waals surface area contributed by atoms with Crippen molar-refractivity contribution in [3.05, 3.63) is 47.5 Å². The van der Waals surface area contributed by atoms with Gasteiger partial charge in [-0.25, -0.2) is 0 Å². The molecule has 5 aliphatic carbocycles. The van der Waals surface area contributed by atoms with Crippen molar-refractivity contribution in [2.75, 3.05) is 0 Å². The third-order valence-electron chi connectivity index (χ3n) is 15.5. The molecule has 0 amide bonds. The maximum atomic E-state index is 14.8. The molecule has 0 bridgehead atoms. The Kier molecular flexibility index (Phi) is 9.15. The number of hydrogen-bond acceptors (Lipinski definition) is 6. The number of hydrogen-bond donors (Lipinski definition) is 1. The Balaban J connectivity index is 1.27. The van der Waals surface area contributed by atoms with Crippen LogP contribution in [-0.4, -0.2) is 29.9 Å². The van der Waals surface area contributed by atoms with Gasteiger partial charge in [0.25, 0.3) is 0 Å². The lowest BCUT2D eigenvalue weighted by atomic mass is 9.33. The summed E-state index contributed by atoms with van der Waals surface area (Å²) < 4.78 is 12.2. The van der Waals surface area contributed by atoms with Gasteiger partial charge in [0.05, 0.1) is 5.41 Å². The fourth-order valence-electron chi connectivity index (χ4n) is 12.3. The molecule has 6 nitrogen and oxygen atoms in total. The maximum absolute atomic E-state index is 14.8. The number of esters is 2. The lowest BCUT2D eigenvalue weighted by Gasteiger charge is -2.70. The summed E-state index contributed by atoms with van der Waals surface area (Å²) >= 11 is 0. The molecule has 0 radical (unpaired) electrons. The van der Waals surface area contributed by atoms with Gasteiger partial charge in [0.2, 0.25) is 0 Å². The Morgan fingerprint density at radius 3 is 2.24 bits per heavy atom. The number of carbonyl (C=O) groups excluding carboxylic acids is 3. The molecular weight excluding hydrogens is 610 g/mol. The van der Waals surface area contributed by atoms with E-state index < -0.39 is 11.5 Å². The number of rotatable bonds is 7. The van der Waals surface area contributed by atoms with Crippen LogP contribution in [-0.2, 0) is 30.5 Å². The van der Waals surface area contributed by atoms with Crippen LogP contribution in [0.25, 0.3) is 0 Å². The van der Waals surface area contributed by atoms with E-state index in [1.165, 1.54) is 5.57 Å². The predicted octanol–water partition coefficient (Wildman–Crippen LogP) is 9.00. The van der Waals surface area contributed by atoms with E-state index in [0.717, 1.165) is 63.4 Å². The summed E-state index contributed by atoms with van der Waals surface area (Å²) in [5, 5.41) is 0. The zero-order chi connectivity index (χ0) is 35.8. The topological polar surface area (TPSA) is 95.7 Å². The summed E-state index contributed by atoms with van der Waals surface area (Å²) in [6.07, 6.45) is 10.7. The number of benzene rings is 1. The Morgan fingerprint density at radius 1 is 0.898 bits per heavy atom. The molecule has 4 saturated carbocycles. The Hall–Kier alpha value is -2.47. The molecule has 1 aromatic rings. The molecule has 0 spiro atoms. The number of carbonyl (C=O) groups is 3. The predicted molar refractivity (Wildman–Crippen MR) is 193 cm³/mol. The van der Waals surface area contributed by atoms with Crippen LogP contribution >= 0.6 is 0 Å². The molecule has 6 heteroatoms. The number of nitrogens with two attached hydrogens (primary N) is 1. The van der Waals surface area contributed by atoms with Crippen LogP contribution in [0.1, 0.15) is 132 Å². The standard InChI is InChI=1S/C43H63NO5/c1-27(2)23-31(44)36(46)49-34-16-17-41(7)33(38(34,3)4)15-18-43(9)35(41)32(45)24-29-30-25-40(6,20-19-39(30,5)21-22-42(29,43)8)37(47)48-26-28-13-11-10-12-14-28/h10-14,24,27,30-31,33-35H,15-23,25-26,44H2,1-9H3/t30-,31-,33-,34-,35+,39+,40-,41-,42+,43+/m0/s1. The van der Waals surface area contributed by atoms with Crippen molar-refractivity contribution in [1.82, 2.24) is 0 Å². The first-order valence-electron chi connectivity index (χ1n) is 19.2. The van der Waals surface area contributed by atoms with Crippen molar-refractivity contribution >= 4 is 17.7 Å². The second-order valence-electron chi connectivity index (χ2n) is 19.3. The normalized spacial score (nSPS) is 41.7. The van der Waals surface area contributed by atoms with Gasteiger partial charge in [-0.05, 0) is 122 Å². The molecule has 0 saturated heterocycles. The molecule has 0 heterocycles. The smallest absolute Gasteiger partial charge is 0.323 e. The van der Waals surface area contributed by atoms with E-state index in [1.807, 2.05) is 30.3 Å². The summed E-state index contributed by atoms with van der Waals surface area (Å²) in [6.45, 7) is 20.7. The van der Waals surface area contributed by atoms with Crippen molar-refractivity contribution in [3.63, 3.8) is 0 Å². The van der Waals surface area contributed by atoms with Gasteiger partial charge in [-0.15, -0.1) is 0 Å². The Morgan fingerprint density at radius 2 is 1.57 bits per heavy atom. The molecule has 0 aliphatic heterocycles. The highest BCUT2D eigenvalue weighted by Crippen LogP contribution is 2.75. The average molecular weight is 674 g/mol. The summed E-state index contributed by atoms with van der Waals surface area (Å²) in [4.78, 5) is 41.7. The van der Waals surface area contributed by atoms with Crippen molar-refractivity contribution in [1.29, 1.82) is 0 Å². The van der Waals surface area contributed by atoms with Crippen LogP contribution in [0.5, 0.6) is 0 Å². The van der Waals surface area contributed by atoms with Gasteiger partial charge < -0.3 is 15.2 Å². The largest absolute Gasteiger partial charge is 0.461 e. The molecular formula is C43H63NO5. The number of ether oxygens (including phenoxy) is 2. The van der Waals surface area contributed by atoms with E-state index in [0.29, 0.717) is 12.3 Å². The maximum Gasteiger partial charge on any atom is 0.323 e. The molecule has 270 valence electrons. The third kappa shape index (κ3) is 5.75. The second-order valence-corrected chi connectivity index (χ2v) is 19.3. The second kappa shape index (κ2) is 12.3. The van der Waals surface area contributed by atoms with Crippen LogP contribution in [0, 0.1) is 56.2 Å². The first-order valence-corrected chi connectivity index (χ1v) is 19.2. The SMILES string of the molecule is CC(C)C[C@H](N)C(=O)O[C@H]1CC[C@]2(C)[C@H]3C(=O)C=C4[C@@H]5C[C@@](C)(C(=O)OCc6ccccc6)CC[C@]5(C)CC[C@@]4(C)[C@]3(C)CC[C@H]2C1(C)C. The van der Waals surface area contributed by atoms with Gasteiger partial charge in [0.1, 0.15) is 18.8 Å². The van der Waals surface area contributed by atoms with Crippen LogP contribution in [0.3, 0.4) is 0 Å². The minimum atomic E-state index is -0.605. The Bertz CT molecular complexity index is 1500. The molecule has 4 fully saturated rings. The molecule has 2 N–H and O–H groups in total. The first kappa shape index (κ1) is 36.3. The van der Waals surface area contributed by atoms with Crippen molar-refractivity contribution < 1.29 is 23.9 Å². The van der Waals surface area contributed by atoms with Crippen LogP contribution < -0.4 is 5.73 Å². The van der Waals surface area contributed by atoms with Gasteiger partial charge in [-0.2, -0.15) is 0 Å². The molecule has 10 atom stereocenters. The van der Waals surface area contributed by atoms with E-state index in [4.69, 9.17) is 15.2 Å². The number of ketones is 1. The van der Waals surface area contributed by atoms with Gasteiger partial charge in [-0.3, -0.25) is 14.4 Å². The molecule has 49 heavy (non-hydrogen) atoms. The zero-order valence-electron chi connectivity index (χ0n) is 31.8. The van der Waals surface area contributed by atoms with Gasteiger partial charge >= 0.3 is 11.9 Å². The van der Waals surface area contributed by atoms with Crippen LogP contribution in [0.2, 0.25) is 0 Å². The molecule has 0 unspecified atom stereocenters. The monoisotopic (exact) mass is 673 g/mol. The summed E-state index contributed by atoms with van der Waals surface area (Å²) in [5.74, 6) is 0.514. The van der Waals surface area contributed by atoms with Gasteiger partial charge in [0, 0.05) is 11.3 Å². The van der Waals surface area contributed by atoms with E-state index in [9.17, 15) is 14.4 Å². The highest BCUT2D eigenvalue weighted by Gasteiger charge is 2.70. The zero-order valence-corrected chi connectivity index (χ0v) is 31.8. The fourth-order valence-corrected chi connectivity index (χ4v) is 12.3. The van der Waals surface area contributed by atoms with Gasteiger partial charge in [-0.1, -0.05) is 91.3 Å². The van der Waals surface area contributed by atoms with E-state index >= 15 is 0 Å². The highest BCUT2D eigenvalue weighted by atomic mass is 16.5. The Labute approximate surface area is 295 Å². The first-order chi connectivity index (χ1) is 22.8. The summed E-state index contributed by atoms with van der Waals surface area (Å²) in [7, 11) is 0. The van der Waals surface area contributed by atoms with E-state index in [2.05, 4.69) is 68.4 Å². The molecule has 1 aromatic carbocycles. The van der Waals surface area contributed by atoms with Crippen molar-refractivity contribution in [3.8, 4) is 0 Å². The summed E-state index contributed by atoms with van der Waals surface area (Å²) in [5.41, 5.74) is 7.24. The average Bonchev–Trinajstić information content (AvgIpc) is 3.03. The van der Waals surface area contributed by atoms with Crippen LogP contribution in [0.4, 0.5) is 0 Å². The minimum absolute atomic E-state index is 0.0650. The molecule has 5 aliphatic rings. The van der Waals surface area contributed by atoms with Crippen molar-refractivity contribution in [2.24, 2.45) is 61.9 Å². The van der Waals surface area contributed by atoms with Crippen LogP contribution in [0.15, 0.2) is 42.0 Å². The van der Waals surface area contributed by atoms with E-state index in [-0.39, 0.29) is 75.3 Å². The van der Waals surface area contributed by atoms with Gasteiger partial charge in [0.15, 0.2) is 5.78 Å². The quantitative estimate of drug-likeness (QED) is 0.290. The number of fused-ring (bicyclic) bond motifs is 7. The lowest BCUT2D eigenvalue weighted by Crippen LogP contribution is -2.67. The van der Waals surface area contributed by atoms with Crippen molar-refractivity contribution in [2.45, 2.75) is 145 Å². The van der Waals surface area contributed by atoms with E-state index in [1.54, 1.807) is 0 Å². The lowest BCUT2D eigenvalue weighted by molar-refractivity contribution is -0.211. The number of allylic oxidation sites excluding steroid dienone is 2.